The van der Waals surface area contributed by atoms with Gasteiger partial charge in [0.15, 0.2) is 0 Å². The van der Waals surface area contributed by atoms with E-state index in [0.717, 1.165) is 61.8 Å². The van der Waals surface area contributed by atoms with E-state index in [1.54, 1.807) is 0 Å². The molecule has 1 N–H and O–H groups in total. The lowest BCUT2D eigenvalue weighted by Gasteiger charge is -2.30. The van der Waals surface area contributed by atoms with Crippen LogP contribution in [0.2, 0.25) is 0 Å². The number of hydrogen-bond acceptors (Lipinski definition) is 4. The molecule has 120 valence electrons. The van der Waals surface area contributed by atoms with Gasteiger partial charge in [-0.05, 0) is 38.6 Å². The van der Waals surface area contributed by atoms with Gasteiger partial charge in [0, 0.05) is 36.7 Å². The van der Waals surface area contributed by atoms with E-state index in [4.69, 9.17) is 9.97 Å². The molecule has 5 nitrogen and oxygen atoms in total. The molecule has 3 rings (SSSR count). The maximum absolute atomic E-state index is 12.4. The summed E-state index contributed by atoms with van der Waals surface area (Å²) in [5, 5.41) is 3.37. The largest absolute Gasteiger partial charge is 0.316 e. The summed E-state index contributed by atoms with van der Waals surface area (Å²) in [5.41, 5.74) is 2.21. The average molecular weight is 302 g/mol. The molecule has 2 aliphatic heterocycles. The monoisotopic (exact) mass is 302 g/mol. The summed E-state index contributed by atoms with van der Waals surface area (Å²) in [6.07, 6.45) is 3.45. The molecule has 22 heavy (non-hydrogen) atoms. The van der Waals surface area contributed by atoms with Gasteiger partial charge in [0.2, 0.25) is 5.91 Å². The van der Waals surface area contributed by atoms with Crippen molar-refractivity contribution < 1.29 is 4.79 Å². The van der Waals surface area contributed by atoms with Crippen LogP contribution in [-0.2, 0) is 11.2 Å². The maximum Gasteiger partial charge on any atom is 0.228 e. The van der Waals surface area contributed by atoms with Gasteiger partial charge in [0.1, 0.15) is 11.6 Å². The molecule has 1 aromatic rings. The third-order valence-corrected chi connectivity index (χ3v) is 4.71. The lowest BCUT2D eigenvalue weighted by Crippen LogP contribution is -2.38. The Bertz CT molecular complexity index is 564. The molecule has 1 fully saturated rings. The molecular weight excluding hydrogens is 276 g/mol. The summed E-state index contributed by atoms with van der Waals surface area (Å²) in [4.78, 5) is 23.8. The van der Waals surface area contributed by atoms with Gasteiger partial charge >= 0.3 is 0 Å². The van der Waals surface area contributed by atoms with Crippen LogP contribution in [0, 0.1) is 12.8 Å². The molecule has 1 aromatic heterocycles. The van der Waals surface area contributed by atoms with E-state index in [1.807, 2.05) is 4.90 Å². The first-order chi connectivity index (χ1) is 10.6. The summed E-state index contributed by atoms with van der Waals surface area (Å²) in [6, 6.07) is 0. The van der Waals surface area contributed by atoms with Gasteiger partial charge in [0.25, 0.3) is 0 Å². The number of anilines is 1. The second-order valence-corrected chi connectivity index (χ2v) is 6.89. The lowest BCUT2D eigenvalue weighted by molar-refractivity contribution is -0.119. The summed E-state index contributed by atoms with van der Waals surface area (Å²) >= 11 is 0. The normalized spacial score (nSPS) is 21.5. The van der Waals surface area contributed by atoms with Crippen molar-refractivity contribution in [1.82, 2.24) is 15.3 Å². The highest BCUT2D eigenvalue weighted by molar-refractivity contribution is 5.95. The van der Waals surface area contributed by atoms with Crippen molar-refractivity contribution in [2.45, 2.75) is 52.4 Å². The van der Waals surface area contributed by atoms with E-state index < -0.39 is 0 Å². The number of amides is 1. The van der Waals surface area contributed by atoms with E-state index >= 15 is 0 Å². The molecule has 3 heterocycles. The molecular formula is C17H26N4O. The van der Waals surface area contributed by atoms with Crippen LogP contribution in [0.4, 0.5) is 5.82 Å². The minimum absolute atomic E-state index is 0.210. The van der Waals surface area contributed by atoms with Gasteiger partial charge < -0.3 is 5.32 Å². The van der Waals surface area contributed by atoms with E-state index in [9.17, 15) is 4.79 Å². The molecule has 0 unspecified atom stereocenters. The third kappa shape index (κ3) is 3.00. The van der Waals surface area contributed by atoms with Crippen LogP contribution in [0.25, 0.3) is 0 Å². The van der Waals surface area contributed by atoms with E-state index in [-0.39, 0.29) is 5.91 Å². The van der Waals surface area contributed by atoms with Crippen LogP contribution in [0.5, 0.6) is 0 Å². The standard InChI is InChI=1S/C17H26N4O/c1-11(2)7-9-21-15(22)5-4-14-12(3)19-16(20-17(14)21)13-6-8-18-10-13/h11,13,18H,4-10H2,1-3H3/t13-/m1/s1. The third-order valence-electron chi connectivity index (χ3n) is 4.71. The molecule has 2 aliphatic rings. The van der Waals surface area contributed by atoms with Gasteiger partial charge in [-0.15, -0.1) is 0 Å². The molecule has 0 saturated carbocycles. The fraction of sp³-hybridized carbons (Fsp3) is 0.706. The fourth-order valence-electron chi connectivity index (χ4n) is 3.28. The minimum atomic E-state index is 0.210. The summed E-state index contributed by atoms with van der Waals surface area (Å²) in [7, 11) is 0. The van der Waals surface area contributed by atoms with Crippen LogP contribution >= 0.6 is 0 Å². The highest BCUT2D eigenvalue weighted by atomic mass is 16.2. The van der Waals surface area contributed by atoms with Crippen LogP contribution < -0.4 is 10.2 Å². The predicted molar refractivity (Wildman–Crippen MR) is 87.1 cm³/mol. The SMILES string of the molecule is Cc1nc([C@@H]2CCNC2)nc2c1CCC(=O)N2CCC(C)C. The Hall–Kier alpha value is -1.49. The number of carbonyl (C=O) groups is 1. The highest BCUT2D eigenvalue weighted by Gasteiger charge is 2.29. The Morgan fingerprint density at radius 1 is 1.32 bits per heavy atom. The molecule has 5 heteroatoms. The van der Waals surface area contributed by atoms with E-state index in [1.165, 1.54) is 0 Å². The Balaban J connectivity index is 1.94. The first kappa shape index (κ1) is 15.4. The summed E-state index contributed by atoms with van der Waals surface area (Å²) < 4.78 is 0. The van der Waals surface area contributed by atoms with Crippen molar-refractivity contribution in [3.8, 4) is 0 Å². The Labute approximate surface area is 132 Å². The van der Waals surface area contributed by atoms with Crippen LogP contribution in [-0.4, -0.2) is 35.5 Å². The smallest absolute Gasteiger partial charge is 0.228 e. The number of nitrogens with one attached hydrogen (secondary N) is 1. The first-order valence-corrected chi connectivity index (χ1v) is 8.44. The molecule has 0 aromatic carbocycles. The molecule has 1 atom stereocenters. The number of rotatable bonds is 4. The van der Waals surface area contributed by atoms with E-state index in [0.29, 0.717) is 18.3 Å². The van der Waals surface area contributed by atoms with Crippen molar-refractivity contribution in [3.63, 3.8) is 0 Å². The van der Waals surface area contributed by atoms with Crippen LogP contribution in [0.15, 0.2) is 0 Å². The molecule has 0 radical (unpaired) electrons. The van der Waals surface area contributed by atoms with Crippen molar-refractivity contribution in [2.75, 3.05) is 24.5 Å². The minimum Gasteiger partial charge on any atom is -0.316 e. The fourth-order valence-corrected chi connectivity index (χ4v) is 3.28. The van der Waals surface area contributed by atoms with Gasteiger partial charge in [-0.2, -0.15) is 0 Å². The quantitative estimate of drug-likeness (QED) is 0.926. The van der Waals surface area contributed by atoms with Gasteiger partial charge in [-0.3, -0.25) is 9.69 Å². The van der Waals surface area contributed by atoms with E-state index in [2.05, 4.69) is 26.1 Å². The first-order valence-electron chi connectivity index (χ1n) is 8.44. The zero-order valence-corrected chi connectivity index (χ0v) is 13.9. The topological polar surface area (TPSA) is 58.1 Å². The zero-order chi connectivity index (χ0) is 15.7. The van der Waals surface area contributed by atoms with Crippen LogP contribution in [0.3, 0.4) is 0 Å². The number of aryl methyl sites for hydroxylation is 1. The Morgan fingerprint density at radius 3 is 2.82 bits per heavy atom. The second kappa shape index (κ2) is 6.32. The summed E-state index contributed by atoms with van der Waals surface area (Å²) in [5.74, 6) is 2.96. The number of aromatic nitrogens is 2. The van der Waals surface area contributed by atoms with Gasteiger partial charge in [-0.25, -0.2) is 9.97 Å². The van der Waals surface area contributed by atoms with Crippen molar-refractivity contribution in [3.05, 3.63) is 17.1 Å². The average Bonchev–Trinajstić information content (AvgIpc) is 2.99. The van der Waals surface area contributed by atoms with Crippen molar-refractivity contribution >= 4 is 11.7 Å². The molecule has 0 bridgehead atoms. The predicted octanol–water partition coefficient (Wildman–Crippen LogP) is 2.19. The van der Waals surface area contributed by atoms with Gasteiger partial charge in [-0.1, -0.05) is 13.8 Å². The summed E-state index contributed by atoms with van der Waals surface area (Å²) in [6.45, 7) is 9.18. The van der Waals surface area contributed by atoms with Crippen molar-refractivity contribution in [1.29, 1.82) is 0 Å². The number of hydrogen-bond donors (Lipinski definition) is 1. The molecule has 0 aliphatic carbocycles. The molecule has 1 saturated heterocycles. The lowest BCUT2D eigenvalue weighted by atomic mass is 10.0. The van der Waals surface area contributed by atoms with Gasteiger partial charge in [0.05, 0.1) is 0 Å². The second-order valence-electron chi connectivity index (χ2n) is 6.89. The van der Waals surface area contributed by atoms with Crippen molar-refractivity contribution in [2.24, 2.45) is 5.92 Å². The number of carbonyl (C=O) groups excluding carboxylic acids is 1. The highest BCUT2D eigenvalue weighted by Crippen LogP contribution is 2.31. The molecule has 1 amide bonds. The Morgan fingerprint density at radius 2 is 2.14 bits per heavy atom. The zero-order valence-electron chi connectivity index (χ0n) is 13.9. The maximum atomic E-state index is 12.4. The molecule has 0 spiro atoms. The number of nitrogens with zero attached hydrogens (tertiary/aromatic N) is 3. The number of fused-ring (bicyclic) bond motifs is 1. The van der Waals surface area contributed by atoms with Crippen LogP contribution in [0.1, 0.15) is 56.1 Å². The Kier molecular flexibility index (Phi) is 4.43.